The van der Waals surface area contributed by atoms with Crippen molar-refractivity contribution in [1.29, 1.82) is 0 Å². The molecule has 0 spiro atoms. The highest BCUT2D eigenvalue weighted by molar-refractivity contribution is 5.88. The van der Waals surface area contributed by atoms with E-state index in [-0.39, 0.29) is 5.56 Å². The molecule has 0 atom stereocenters. The van der Waals surface area contributed by atoms with E-state index in [0.717, 1.165) is 12.1 Å². The van der Waals surface area contributed by atoms with Crippen molar-refractivity contribution < 1.29 is 22.7 Å². The van der Waals surface area contributed by atoms with Crippen molar-refractivity contribution in [2.75, 3.05) is 7.11 Å². The summed E-state index contributed by atoms with van der Waals surface area (Å²) in [5, 5.41) is 0. The lowest BCUT2D eigenvalue weighted by Crippen LogP contribution is -2.05. The molecule has 5 heteroatoms. The first-order valence-corrected chi connectivity index (χ1v) is 5.76. The number of rotatable bonds is 3. The maximum absolute atomic E-state index is 12.6. The Labute approximate surface area is 113 Å². The van der Waals surface area contributed by atoms with Gasteiger partial charge in [-0.2, -0.15) is 13.2 Å². The van der Waals surface area contributed by atoms with Crippen LogP contribution >= 0.6 is 0 Å². The molecule has 0 unspecified atom stereocenters. The SMILES string of the molecule is COc1ccc(-c2ccc(C(F)(F)F)cc2C=O)cc1. The van der Waals surface area contributed by atoms with Crippen molar-refractivity contribution in [3.63, 3.8) is 0 Å². The van der Waals surface area contributed by atoms with E-state index in [0.29, 0.717) is 23.2 Å². The van der Waals surface area contributed by atoms with Crippen LogP contribution in [0.15, 0.2) is 42.5 Å². The topological polar surface area (TPSA) is 26.3 Å². The largest absolute Gasteiger partial charge is 0.497 e. The number of carbonyl (C=O) groups is 1. The standard InChI is InChI=1S/C15H11F3O2/c1-20-13-5-2-10(3-6-13)14-7-4-12(15(16,17)18)8-11(14)9-19/h2-9H,1H3. The Balaban J connectivity index is 2.48. The average Bonchev–Trinajstić information content (AvgIpc) is 2.45. The molecule has 0 saturated carbocycles. The molecule has 2 nitrogen and oxygen atoms in total. The number of benzene rings is 2. The van der Waals surface area contributed by atoms with Crippen molar-refractivity contribution >= 4 is 6.29 Å². The number of carbonyl (C=O) groups excluding carboxylic acids is 1. The first-order valence-electron chi connectivity index (χ1n) is 5.76. The minimum absolute atomic E-state index is 0.00462. The van der Waals surface area contributed by atoms with Crippen LogP contribution in [0.5, 0.6) is 5.75 Å². The van der Waals surface area contributed by atoms with Crippen molar-refractivity contribution in [2.24, 2.45) is 0 Å². The number of hydrogen-bond acceptors (Lipinski definition) is 2. The lowest BCUT2D eigenvalue weighted by molar-refractivity contribution is -0.137. The summed E-state index contributed by atoms with van der Waals surface area (Å²) in [5.41, 5.74) is 0.277. The smallest absolute Gasteiger partial charge is 0.416 e. The van der Waals surface area contributed by atoms with Gasteiger partial charge >= 0.3 is 6.18 Å². The molecule has 0 aliphatic heterocycles. The first-order chi connectivity index (χ1) is 9.45. The molecule has 2 aromatic carbocycles. The quantitative estimate of drug-likeness (QED) is 0.788. The molecule has 0 aliphatic rings. The van der Waals surface area contributed by atoms with E-state index in [1.54, 1.807) is 24.3 Å². The monoisotopic (exact) mass is 280 g/mol. The zero-order valence-corrected chi connectivity index (χ0v) is 10.6. The van der Waals surface area contributed by atoms with E-state index < -0.39 is 11.7 Å². The van der Waals surface area contributed by atoms with Crippen LogP contribution in [0.25, 0.3) is 11.1 Å². The van der Waals surface area contributed by atoms with Gasteiger partial charge in [0.15, 0.2) is 6.29 Å². The van der Waals surface area contributed by atoms with Gasteiger partial charge in [0.2, 0.25) is 0 Å². The highest BCUT2D eigenvalue weighted by atomic mass is 19.4. The molecule has 0 heterocycles. The Morgan fingerprint density at radius 2 is 1.70 bits per heavy atom. The number of alkyl halides is 3. The lowest BCUT2D eigenvalue weighted by atomic mass is 9.98. The summed E-state index contributed by atoms with van der Waals surface area (Å²) in [6.45, 7) is 0. The maximum Gasteiger partial charge on any atom is 0.416 e. The van der Waals surface area contributed by atoms with Gasteiger partial charge in [-0.1, -0.05) is 18.2 Å². The zero-order chi connectivity index (χ0) is 14.8. The summed E-state index contributed by atoms with van der Waals surface area (Å²) in [7, 11) is 1.52. The fourth-order valence-corrected chi connectivity index (χ4v) is 1.87. The van der Waals surface area contributed by atoms with Gasteiger partial charge in [0.1, 0.15) is 5.75 Å². The van der Waals surface area contributed by atoms with E-state index in [1.807, 2.05) is 0 Å². The second-order valence-electron chi connectivity index (χ2n) is 4.15. The Bertz CT molecular complexity index is 616. The molecule has 104 valence electrons. The Morgan fingerprint density at radius 3 is 2.20 bits per heavy atom. The van der Waals surface area contributed by atoms with Gasteiger partial charge in [-0.25, -0.2) is 0 Å². The van der Waals surface area contributed by atoms with Gasteiger partial charge in [0.05, 0.1) is 12.7 Å². The molecule has 2 rings (SSSR count). The Kier molecular flexibility index (Phi) is 3.79. The lowest BCUT2D eigenvalue weighted by Gasteiger charge is -2.11. The summed E-state index contributed by atoms with van der Waals surface area (Å²) in [6, 6.07) is 9.86. The summed E-state index contributed by atoms with van der Waals surface area (Å²) < 4.78 is 42.8. The van der Waals surface area contributed by atoms with Crippen molar-refractivity contribution in [1.82, 2.24) is 0 Å². The third-order valence-corrected chi connectivity index (χ3v) is 2.91. The van der Waals surface area contributed by atoms with E-state index in [1.165, 1.54) is 13.2 Å². The molecule has 0 aromatic heterocycles. The van der Waals surface area contributed by atoms with E-state index in [2.05, 4.69) is 0 Å². The molecular formula is C15H11F3O2. The number of halogens is 3. The van der Waals surface area contributed by atoms with Crippen LogP contribution in [-0.2, 0) is 6.18 Å². The van der Waals surface area contributed by atoms with Crippen LogP contribution in [0.2, 0.25) is 0 Å². The van der Waals surface area contributed by atoms with E-state index in [4.69, 9.17) is 4.74 Å². The van der Waals surface area contributed by atoms with Crippen LogP contribution < -0.4 is 4.74 Å². The normalized spacial score (nSPS) is 11.2. The zero-order valence-electron chi connectivity index (χ0n) is 10.6. The second kappa shape index (κ2) is 5.36. The predicted octanol–water partition coefficient (Wildman–Crippen LogP) is 4.19. The summed E-state index contributed by atoms with van der Waals surface area (Å²) in [6.07, 6.45) is -4.04. The number of ether oxygens (including phenoxy) is 1. The molecule has 0 radical (unpaired) electrons. The third-order valence-electron chi connectivity index (χ3n) is 2.91. The molecule has 0 N–H and O–H groups in total. The van der Waals surface area contributed by atoms with E-state index in [9.17, 15) is 18.0 Å². The molecule has 0 aliphatic carbocycles. The van der Waals surface area contributed by atoms with Crippen molar-refractivity contribution in [3.8, 4) is 16.9 Å². The fourth-order valence-electron chi connectivity index (χ4n) is 1.87. The minimum Gasteiger partial charge on any atom is -0.497 e. The van der Waals surface area contributed by atoms with Gasteiger partial charge in [0.25, 0.3) is 0 Å². The third kappa shape index (κ3) is 2.82. The molecule has 2 aromatic rings. The highest BCUT2D eigenvalue weighted by Gasteiger charge is 2.31. The Morgan fingerprint density at radius 1 is 1.05 bits per heavy atom. The second-order valence-corrected chi connectivity index (χ2v) is 4.15. The van der Waals surface area contributed by atoms with Crippen molar-refractivity contribution in [3.05, 3.63) is 53.6 Å². The van der Waals surface area contributed by atoms with Gasteiger partial charge in [0, 0.05) is 5.56 Å². The van der Waals surface area contributed by atoms with Gasteiger partial charge in [-0.05, 0) is 35.4 Å². The maximum atomic E-state index is 12.6. The van der Waals surface area contributed by atoms with Crippen LogP contribution in [0.1, 0.15) is 15.9 Å². The predicted molar refractivity (Wildman–Crippen MR) is 68.8 cm³/mol. The summed E-state index contributed by atoms with van der Waals surface area (Å²) in [4.78, 5) is 11.0. The molecule has 0 fully saturated rings. The summed E-state index contributed by atoms with van der Waals surface area (Å²) in [5.74, 6) is 0.633. The summed E-state index contributed by atoms with van der Waals surface area (Å²) >= 11 is 0. The van der Waals surface area contributed by atoms with E-state index >= 15 is 0 Å². The minimum atomic E-state index is -4.46. The molecule has 20 heavy (non-hydrogen) atoms. The number of aldehydes is 1. The van der Waals surface area contributed by atoms with Crippen LogP contribution in [0.4, 0.5) is 13.2 Å². The number of methoxy groups -OCH3 is 1. The first kappa shape index (κ1) is 14.1. The Hall–Kier alpha value is -2.30. The molecule has 0 saturated heterocycles. The van der Waals surface area contributed by atoms with Crippen LogP contribution in [0.3, 0.4) is 0 Å². The van der Waals surface area contributed by atoms with Gasteiger partial charge < -0.3 is 4.74 Å². The van der Waals surface area contributed by atoms with Gasteiger partial charge in [-0.15, -0.1) is 0 Å². The van der Waals surface area contributed by atoms with Crippen molar-refractivity contribution in [2.45, 2.75) is 6.18 Å². The molecular weight excluding hydrogens is 269 g/mol. The number of hydrogen-bond donors (Lipinski definition) is 0. The van der Waals surface area contributed by atoms with Gasteiger partial charge in [-0.3, -0.25) is 4.79 Å². The molecule has 0 amide bonds. The van der Waals surface area contributed by atoms with Crippen LogP contribution in [0, 0.1) is 0 Å². The molecule has 0 bridgehead atoms. The average molecular weight is 280 g/mol. The fraction of sp³-hybridized carbons (Fsp3) is 0.133. The van der Waals surface area contributed by atoms with Crippen LogP contribution in [-0.4, -0.2) is 13.4 Å². The highest BCUT2D eigenvalue weighted by Crippen LogP contribution is 2.33.